The first-order valence-electron chi connectivity index (χ1n) is 11.4. The first-order chi connectivity index (χ1) is 15.0. The molecule has 8 heteroatoms. The van der Waals surface area contributed by atoms with Crippen LogP contribution in [0.15, 0.2) is 12.1 Å². The van der Waals surface area contributed by atoms with Gasteiger partial charge in [-0.3, -0.25) is 0 Å². The van der Waals surface area contributed by atoms with Crippen molar-refractivity contribution < 1.29 is 19.1 Å². The van der Waals surface area contributed by atoms with Crippen LogP contribution < -0.4 is 10.6 Å². The van der Waals surface area contributed by atoms with Crippen molar-refractivity contribution in [1.29, 1.82) is 0 Å². The zero-order valence-electron chi connectivity index (χ0n) is 19.4. The number of halogens is 2. The van der Waals surface area contributed by atoms with Gasteiger partial charge in [0.05, 0.1) is 21.2 Å². The zero-order chi connectivity index (χ0) is 23.5. The molecule has 0 atom stereocenters. The summed E-state index contributed by atoms with van der Waals surface area (Å²) in [6.07, 6.45) is 3.75. The number of nitrogens with one attached hydrogen (secondary N) is 2. The van der Waals surface area contributed by atoms with Crippen LogP contribution in [0.4, 0.5) is 0 Å². The third kappa shape index (κ3) is 5.96. The van der Waals surface area contributed by atoms with Gasteiger partial charge in [0, 0.05) is 11.8 Å². The predicted octanol–water partition coefficient (Wildman–Crippen LogP) is 4.86. The molecule has 178 valence electrons. The Morgan fingerprint density at radius 1 is 0.750 bits per heavy atom. The molecule has 0 aliphatic carbocycles. The monoisotopic (exact) mass is 484 g/mol. The summed E-state index contributed by atoms with van der Waals surface area (Å²) in [6, 6.07) is 2.80. The standard InChI is InChI=1S/C24H34Cl2N2O4/c1-23(2,15-5-9-27-10-6-15)31-21(29)17-13-20(26)18(14-19(17)25)22(30)32-24(3,4)16-7-11-28-12-8-16/h13-16,27-28H,5-12H2,1-4H3. The van der Waals surface area contributed by atoms with Crippen molar-refractivity contribution in [3.05, 3.63) is 33.3 Å². The quantitative estimate of drug-likeness (QED) is 0.561. The Kier molecular flexibility index (Phi) is 8.13. The number of piperidine rings is 2. The Bertz CT molecular complexity index is 775. The molecule has 2 heterocycles. The number of ether oxygens (including phenoxy) is 2. The highest BCUT2D eigenvalue weighted by Gasteiger charge is 2.37. The number of esters is 2. The Morgan fingerprint density at radius 2 is 1.06 bits per heavy atom. The molecule has 0 radical (unpaired) electrons. The highest BCUT2D eigenvalue weighted by Crippen LogP contribution is 2.34. The molecule has 0 saturated carbocycles. The van der Waals surface area contributed by atoms with Crippen molar-refractivity contribution in [2.75, 3.05) is 26.2 Å². The first-order valence-corrected chi connectivity index (χ1v) is 12.1. The molecule has 2 saturated heterocycles. The molecule has 0 spiro atoms. The first kappa shape index (κ1) is 25.3. The highest BCUT2D eigenvalue weighted by atomic mass is 35.5. The topological polar surface area (TPSA) is 76.7 Å². The molecule has 0 unspecified atom stereocenters. The van der Waals surface area contributed by atoms with Gasteiger partial charge in [-0.1, -0.05) is 23.2 Å². The second-order valence-corrected chi connectivity index (χ2v) is 10.7. The molecular weight excluding hydrogens is 451 g/mol. The van der Waals surface area contributed by atoms with E-state index in [1.807, 2.05) is 27.7 Å². The number of carbonyl (C=O) groups excluding carboxylic acids is 2. The van der Waals surface area contributed by atoms with Gasteiger partial charge in [-0.15, -0.1) is 0 Å². The average Bonchev–Trinajstić information content (AvgIpc) is 2.75. The maximum absolute atomic E-state index is 12.9. The van der Waals surface area contributed by atoms with Crippen molar-refractivity contribution in [2.45, 2.75) is 64.6 Å². The summed E-state index contributed by atoms with van der Waals surface area (Å²) in [7, 11) is 0. The maximum Gasteiger partial charge on any atom is 0.340 e. The van der Waals surface area contributed by atoms with Crippen LogP contribution in [0.5, 0.6) is 0 Å². The van der Waals surface area contributed by atoms with Gasteiger partial charge in [0.1, 0.15) is 11.2 Å². The van der Waals surface area contributed by atoms with Crippen molar-refractivity contribution >= 4 is 35.1 Å². The number of hydrogen-bond donors (Lipinski definition) is 2. The summed E-state index contributed by atoms with van der Waals surface area (Å²) in [5, 5.41) is 6.87. The zero-order valence-corrected chi connectivity index (χ0v) is 20.9. The van der Waals surface area contributed by atoms with Crippen LogP contribution >= 0.6 is 23.2 Å². The fourth-order valence-electron chi connectivity index (χ4n) is 4.65. The van der Waals surface area contributed by atoms with Crippen LogP contribution in [0.3, 0.4) is 0 Å². The van der Waals surface area contributed by atoms with Gasteiger partial charge in [-0.2, -0.15) is 0 Å². The van der Waals surface area contributed by atoms with Crippen molar-refractivity contribution in [2.24, 2.45) is 11.8 Å². The second kappa shape index (κ2) is 10.3. The largest absolute Gasteiger partial charge is 0.456 e. The lowest BCUT2D eigenvalue weighted by Gasteiger charge is -2.37. The molecule has 1 aromatic rings. The van der Waals surface area contributed by atoms with Crippen molar-refractivity contribution in [3.63, 3.8) is 0 Å². The van der Waals surface area contributed by atoms with E-state index in [2.05, 4.69) is 10.6 Å². The Balaban J connectivity index is 1.72. The van der Waals surface area contributed by atoms with E-state index in [1.54, 1.807) is 0 Å². The van der Waals surface area contributed by atoms with E-state index in [0.29, 0.717) is 0 Å². The van der Waals surface area contributed by atoms with Gasteiger partial charge in [-0.05, 0) is 91.7 Å². The smallest absolute Gasteiger partial charge is 0.340 e. The Morgan fingerprint density at radius 3 is 1.38 bits per heavy atom. The minimum Gasteiger partial charge on any atom is -0.456 e. The fourth-order valence-corrected chi connectivity index (χ4v) is 5.13. The summed E-state index contributed by atoms with van der Waals surface area (Å²) in [4.78, 5) is 25.8. The van der Waals surface area contributed by atoms with Gasteiger partial charge in [0.25, 0.3) is 0 Å². The lowest BCUT2D eigenvalue weighted by atomic mass is 9.83. The molecular formula is C24H34Cl2N2O4. The molecule has 2 aliphatic heterocycles. The maximum atomic E-state index is 12.9. The minimum atomic E-state index is -0.633. The van der Waals surface area contributed by atoms with Gasteiger partial charge in [-0.25, -0.2) is 9.59 Å². The molecule has 2 N–H and O–H groups in total. The average molecular weight is 485 g/mol. The molecule has 0 aromatic heterocycles. The van der Waals surface area contributed by atoms with E-state index in [1.165, 1.54) is 12.1 Å². The van der Waals surface area contributed by atoms with E-state index in [0.717, 1.165) is 51.9 Å². The summed E-state index contributed by atoms with van der Waals surface area (Å²) in [5.41, 5.74) is -0.975. The molecule has 0 amide bonds. The summed E-state index contributed by atoms with van der Waals surface area (Å²) >= 11 is 12.8. The van der Waals surface area contributed by atoms with Crippen molar-refractivity contribution in [1.82, 2.24) is 10.6 Å². The van der Waals surface area contributed by atoms with E-state index in [-0.39, 0.29) is 33.0 Å². The SMILES string of the molecule is CC(C)(OC(=O)c1cc(Cl)c(C(=O)OC(C)(C)C2CCNCC2)cc1Cl)C1CCNCC1. The van der Waals surface area contributed by atoms with E-state index in [9.17, 15) is 9.59 Å². The highest BCUT2D eigenvalue weighted by molar-refractivity contribution is 6.37. The molecule has 1 aromatic carbocycles. The normalized spacial score (nSPS) is 18.9. The van der Waals surface area contributed by atoms with Gasteiger partial charge in [0.15, 0.2) is 0 Å². The molecule has 3 rings (SSSR count). The summed E-state index contributed by atoms with van der Waals surface area (Å²) in [5.74, 6) is -0.576. The summed E-state index contributed by atoms with van der Waals surface area (Å²) in [6.45, 7) is 11.3. The van der Waals surface area contributed by atoms with Crippen LogP contribution in [0.2, 0.25) is 10.0 Å². The fraction of sp³-hybridized carbons (Fsp3) is 0.667. The number of benzene rings is 1. The third-order valence-electron chi connectivity index (χ3n) is 6.85. The molecule has 6 nitrogen and oxygen atoms in total. The Labute approximate surface area is 200 Å². The minimum absolute atomic E-state index is 0.118. The molecule has 2 aliphatic rings. The van der Waals surface area contributed by atoms with Crippen LogP contribution in [-0.2, 0) is 9.47 Å². The molecule has 32 heavy (non-hydrogen) atoms. The lowest BCUT2D eigenvalue weighted by Crippen LogP contribution is -2.43. The number of hydrogen-bond acceptors (Lipinski definition) is 6. The van der Waals surface area contributed by atoms with Crippen LogP contribution in [-0.4, -0.2) is 49.3 Å². The summed E-state index contributed by atoms with van der Waals surface area (Å²) < 4.78 is 11.7. The second-order valence-electron chi connectivity index (χ2n) is 9.85. The van der Waals surface area contributed by atoms with Crippen LogP contribution in [0, 0.1) is 11.8 Å². The molecule has 2 fully saturated rings. The Hall–Kier alpha value is -1.34. The van der Waals surface area contributed by atoms with E-state index in [4.69, 9.17) is 32.7 Å². The lowest BCUT2D eigenvalue weighted by molar-refractivity contribution is -0.0380. The van der Waals surface area contributed by atoms with Crippen molar-refractivity contribution in [3.8, 4) is 0 Å². The van der Waals surface area contributed by atoms with E-state index >= 15 is 0 Å². The van der Waals surface area contributed by atoms with Crippen LogP contribution in [0.1, 0.15) is 74.1 Å². The van der Waals surface area contributed by atoms with Gasteiger partial charge >= 0.3 is 11.9 Å². The van der Waals surface area contributed by atoms with Gasteiger partial charge in [0.2, 0.25) is 0 Å². The molecule has 0 bridgehead atoms. The van der Waals surface area contributed by atoms with Gasteiger partial charge < -0.3 is 20.1 Å². The number of carbonyl (C=O) groups is 2. The van der Waals surface area contributed by atoms with Crippen LogP contribution in [0.25, 0.3) is 0 Å². The predicted molar refractivity (Wildman–Crippen MR) is 127 cm³/mol. The number of rotatable bonds is 6. The third-order valence-corrected chi connectivity index (χ3v) is 7.48. The van der Waals surface area contributed by atoms with E-state index < -0.39 is 23.1 Å².